The monoisotopic (exact) mass is 241 g/mol. The number of anilines is 1. The Morgan fingerprint density at radius 3 is 2.56 bits per heavy atom. The van der Waals surface area contributed by atoms with Gasteiger partial charge in [-0.3, -0.25) is 0 Å². The molecule has 0 radical (unpaired) electrons. The molecular weight excluding hydrogens is 222 g/mol. The molecule has 2 aromatic rings. The van der Waals surface area contributed by atoms with Gasteiger partial charge in [-0.1, -0.05) is 24.3 Å². The Morgan fingerprint density at radius 1 is 1.17 bits per heavy atom. The minimum absolute atomic E-state index is 0.575. The van der Waals surface area contributed by atoms with Crippen molar-refractivity contribution >= 4 is 5.82 Å². The number of aromatic nitrogens is 1. The first-order chi connectivity index (χ1) is 8.70. The molecular formula is C15H19N3. The lowest BCUT2D eigenvalue weighted by molar-refractivity contribution is 0.875. The van der Waals surface area contributed by atoms with Crippen LogP contribution in [-0.2, 0) is 13.1 Å². The average Bonchev–Trinajstić information content (AvgIpc) is 2.39. The summed E-state index contributed by atoms with van der Waals surface area (Å²) in [6.45, 7) is 3.47. The highest BCUT2D eigenvalue weighted by Crippen LogP contribution is 2.16. The summed E-state index contributed by atoms with van der Waals surface area (Å²) in [6, 6.07) is 12.4. The van der Waals surface area contributed by atoms with Crippen LogP contribution in [0.15, 0.2) is 42.6 Å². The molecule has 94 valence electrons. The molecule has 0 spiro atoms. The Balaban J connectivity index is 2.18. The standard InChI is InChI=1S/C15H19N3/c1-12-7-8-17-15(9-12)18(2)11-14-6-4-3-5-13(14)10-16/h3-9H,10-11,16H2,1-2H3. The summed E-state index contributed by atoms with van der Waals surface area (Å²) in [7, 11) is 2.05. The molecule has 0 saturated carbocycles. The van der Waals surface area contributed by atoms with Gasteiger partial charge < -0.3 is 10.6 Å². The summed E-state index contributed by atoms with van der Waals surface area (Å²) in [5.74, 6) is 0.988. The molecule has 3 nitrogen and oxygen atoms in total. The molecule has 0 aliphatic heterocycles. The summed E-state index contributed by atoms with van der Waals surface area (Å²) in [6.07, 6.45) is 1.84. The van der Waals surface area contributed by atoms with Gasteiger partial charge in [-0.05, 0) is 35.7 Å². The molecule has 1 aromatic heterocycles. The average molecular weight is 241 g/mol. The second kappa shape index (κ2) is 5.65. The van der Waals surface area contributed by atoms with Crippen molar-refractivity contribution in [1.82, 2.24) is 4.98 Å². The van der Waals surface area contributed by atoms with E-state index in [0.29, 0.717) is 6.54 Å². The van der Waals surface area contributed by atoms with Crippen LogP contribution in [0, 0.1) is 6.92 Å². The van der Waals surface area contributed by atoms with Crippen LogP contribution in [0.25, 0.3) is 0 Å². The third-order valence-corrected chi connectivity index (χ3v) is 3.04. The van der Waals surface area contributed by atoms with E-state index < -0.39 is 0 Å². The van der Waals surface area contributed by atoms with E-state index in [1.54, 1.807) is 0 Å². The molecule has 2 rings (SSSR count). The van der Waals surface area contributed by atoms with Gasteiger partial charge >= 0.3 is 0 Å². The van der Waals surface area contributed by atoms with E-state index in [1.165, 1.54) is 16.7 Å². The van der Waals surface area contributed by atoms with Crippen molar-refractivity contribution < 1.29 is 0 Å². The first kappa shape index (κ1) is 12.6. The van der Waals surface area contributed by atoms with Crippen LogP contribution in [0.2, 0.25) is 0 Å². The van der Waals surface area contributed by atoms with Gasteiger partial charge in [0, 0.05) is 26.3 Å². The van der Waals surface area contributed by atoms with Crippen LogP contribution in [0.5, 0.6) is 0 Å². The zero-order chi connectivity index (χ0) is 13.0. The van der Waals surface area contributed by atoms with E-state index >= 15 is 0 Å². The Kier molecular flexibility index (Phi) is 3.95. The van der Waals surface area contributed by atoms with Crippen molar-refractivity contribution in [1.29, 1.82) is 0 Å². The quantitative estimate of drug-likeness (QED) is 0.894. The van der Waals surface area contributed by atoms with Gasteiger partial charge in [-0.2, -0.15) is 0 Å². The van der Waals surface area contributed by atoms with Crippen LogP contribution < -0.4 is 10.6 Å². The number of aryl methyl sites for hydroxylation is 1. The molecule has 3 heteroatoms. The molecule has 0 aliphatic carbocycles. The third-order valence-electron chi connectivity index (χ3n) is 3.04. The molecule has 0 unspecified atom stereocenters. The second-order valence-corrected chi connectivity index (χ2v) is 4.52. The molecule has 18 heavy (non-hydrogen) atoms. The molecule has 2 N–H and O–H groups in total. The highest BCUT2D eigenvalue weighted by atomic mass is 15.2. The van der Waals surface area contributed by atoms with E-state index in [2.05, 4.69) is 42.1 Å². The SMILES string of the molecule is Cc1ccnc(N(C)Cc2ccccc2CN)c1. The van der Waals surface area contributed by atoms with E-state index in [9.17, 15) is 0 Å². The predicted molar refractivity (Wildman–Crippen MR) is 75.4 cm³/mol. The van der Waals surface area contributed by atoms with E-state index in [0.717, 1.165) is 12.4 Å². The number of benzene rings is 1. The van der Waals surface area contributed by atoms with E-state index in [4.69, 9.17) is 5.73 Å². The molecule has 0 fully saturated rings. The summed E-state index contributed by atoms with van der Waals surface area (Å²) < 4.78 is 0. The van der Waals surface area contributed by atoms with Crippen LogP contribution in [0.3, 0.4) is 0 Å². The van der Waals surface area contributed by atoms with Gasteiger partial charge in [0.05, 0.1) is 0 Å². The van der Waals surface area contributed by atoms with Crippen molar-refractivity contribution in [2.75, 3.05) is 11.9 Å². The second-order valence-electron chi connectivity index (χ2n) is 4.52. The van der Waals surface area contributed by atoms with Crippen molar-refractivity contribution in [3.8, 4) is 0 Å². The van der Waals surface area contributed by atoms with E-state index in [-0.39, 0.29) is 0 Å². The molecule has 0 aliphatic rings. The lowest BCUT2D eigenvalue weighted by Gasteiger charge is -2.20. The topological polar surface area (TPSA) is 42.2 Å². The van der Waals surface area contributed by atoms with Gasteiger partial charge in [-0.15, -0.1) is 0 Å². The fourth-order valence-corrected chi connectivity index (χ4v) is 1.98. The van der Waals surface area contributed by atoms with Crippen molar-refractivity contribution in [3.05, 3.63) is 59.3 Å². The predicted octanol–water partition coefficient (Wildman–Crippen LogP) is 2.49. The lowest BCUT2D eigenvalue weighted by Crippen LogP contribution is -2.19. The molecule has 1 heterocycles. The van der Waals surface area contributed by atoms with Gasteiger partial charge in [0.15, 0.2) is 0 Å². The maximum Gasteiger partial charge on any atom is 0.128 e. The number of rotatable bonds is 4. The maximum atomic E-state index is 5.76. The van der Waals surface area contributed by atoms with Crippen LogP contribution in [0.4, 0.5) is 5.82 Å². The number of nitrogens with two attached hydrogens (primary N) is 1. The number of hydrogen-bond acceptors (Lipinski definition) is 3. The first-order valence-electron chi connectivity index (χ1n) is 6.11. The highest BCUT2D eigenvalue weighted by Gasteiger charge is 2.06. The number of hydrogen-bond donors (Lipinski definition) is 1. The zero-order valence-corrected chi connectivity index (χ0v) is 10.9. The van der Waals surface area contributed by atoms with Crippen molar-refractivity contribution in [2.45, 2.75) is 20.0 Å². The van der Waals surface area contributed by atoms with Crippen molar-refractivity contribution in [2.24, 2.45) is 5.73 Å². The van der Waals surface area contributed by atoms with Gasteiger partial charge in [-0.25, -0.2) is 4.98 Å². The fourth-order valence-electron chi connectivity index (χ4n) is 1.98. The Morgan fingerprint density at radius 2 is 1.89 bits per heavy atom. The third kappa shape index (κ3) is 2.87. The zero-order valence-electron chi connectivity index (χ0n) is 10.9. The highest BCUT2D eigenvalue weighted by molar-refractivity contribution is 5.41. The van der Waals surface area contributed by atoms with E-state index in [1.807, 2.05) is 24.4 Å². The van der Waals surface area contributed by atoms with Crippen LogP contribution in [0.1, 0.15) is 16.7 Å². The molecule has 0 saturated heterocycles. The first-order valence-corrected chi connectivity index (χ1v) is 6.11. The van der Waals surface area contributed by atoms with Crippen molar-refractivity contribution in [3.63, 3.8) is 0 Å². The number of nitrogens with zero attached hydrogens (tertiary/aromatic N) is 2. The summed E-state index contributed by atoms with van der Waals surface area (Å²) in [4.78, 5) is 6.53. The summed E-state index contributed by atoms with van der Waals surface area (Å²) in [5.41, 5.74) is 9.42. The van der Waals surface area contributed by atoms with Gasteiger partial charge in [0.1, 0.15) is 5.82 Å². The molecule has 1 aromatic carbocycles. The normalized spacial score (nSPS) is 10.4. The minimum Gasteiger partial charge on any atom is -0.355 e. The Bertz CT molecular complexity index is 523. The Hall–Kier alpha value is -1.87. The van der Waals surface area contributed by atoms with Gasteiger partial charge in [0.2, 0.25) is 0 Å². The maximum absolute atomic E-state index is 5.76. The molecule has 0 atom stereocenters. The fraction of sp³-hybridized carbons (Fsp3) is 0.267. The summed E-state index contributed by atoms with van der Waals surface area (Å²) in [5, 5.41) is 0. The lowest BCUT2D eigenvalue weighted by atomic mass is 10.1. The molecule has 0 amide bonds. The van der Waals surface area contributed by atoms with Crippen LogP contribution in [-0.4, -0.2) is 12.0 Å². The number of pyridine rings is 1. The largest absolute Gasteiger partial charge is 0.355 e. The van der Waals surface area contributed by atoms with Gasteiger partial charge in [0.25, 0.3) is 0 Å². The smallest absolute Gasteiger partial charge is 0.128 e. The van der Waals surface area contributed by atoms with Crippen LogP contribution >= 0.6 is 0 Å². The molecule has 0 bridgehead atoms. The minimum atomic E-state index is 0.575. The summed E-state index contributed by atoms with van der Waals surface area (Å²) >= 11 is 0. The Labute approximate surface area is 108 Å².